The number of para-hydroxylation sites is 1. The molecule has 0 fully saturated rings. The number of hydrogen-bond donors (Lipinski definition) is 2. The quantitative estimate of drug-likeness (QED) is 0.832. The Bertz CT molecular complexity index is 733. The maximum absolute atomic E-state index is 12.1. The molecule has 0 aliphatic heterocycles. The fourth-order valence-corrected chi connectivity index (χ4v) is 2.74. The van der Waals surface area contributed by atoms with Gasteiger partial charge in [-0.1, -0.05) is 42.8 Å². The summed E-state index contributed by atoms with van der Waals surface area (Å²) in [4.78, 5) is 24.2. The van der Waals surface area contributed by atoms with E-state index in [9.17, 15) is 9.59 Å². The van der Waals surface area contributed by atoms with Crippen LogP contribution in [0.2, 0.25) is 5.02 Å². The lowest BCUT2D eigenvalue weighted by molar-refractivity contribution is -0.133. The summed E-state index contributed by atoms with van der Waals surface area (Å²) in [6.45, 7) is 5.73. The summed E-state index contributed by atoms with van der Waals surface area (Å²) in [5.41, 5.74) is 3.87. The van der Waals surface area contributed by atoms with Crippen LogP contribution in [0.4, 0.5) is 11.4 Å². The van der Waals surface area contributed by atoms with Crippen molar-refractivity contribution in [2.75, 3.05) is 10.6 Å². The summed E-state index contributed by atoms with van der Waals surface area (Å²) in [6.07, 6.45) is 0.765. The molecule has 0 saturated heterocycles. The summed E-state index contributed by atoms with van der Waals surface area (Å²) in [7, 11) is 0. The summed E-state index contributed by atoms with van der Waals surface area (Å²) in [5, 5.41) is 5.63. The Balaban J connectivity index is 2.14. The van der Waals surface area contributed by atoms with Crippen LogP contribution in [0.1, 0.15) is 23.6 Å². The molecular formula is C18H19ClN2O2. The van der Waals surface area contributed by atoms with Crippen molar-refractivity contribution in [3.05, 3.63) is 58.1 Å². The number of carbonyl (C=O) groups excluding carboxylic acids is 2. The minimum Gasteiger partial charge on any atom is -0.318 e. The van der Waals surface area contributed by atoms with Crippen LogP contribution in [0, 0.1) is 13.8 Å². The van der Waals surface area contributed by atoms with E-state index in [1.165, 1.54) is 0 Å². The van der Waals surface area contributed by atoms with Crippen molar-refractivity contribution in [2.45, 2.75) is 27.2 Å². The highest BCUT2D eigenvalue weighted by Crippen LogP contribution is 2.27. The molecule has 0 aromatic heterocycles. The molecule has 0 aliphatic rings. The van der Waals surface area contributed by atoms with E-state index in [-0.39, 0.29) is 0 Å². The highest BCUT2D eigenvalue weighted by Gasteiger charge is 2.17. The van der Waals surface area contributed by atoms with Crippen molar-refractivity contribution in [3.8, 4) is 0 Å². The van der Waals surface area contributed by atoms with Gasteiger partial charge in [-0.25, -0.2) is 0 Å². The first-order valence-corrected chi connectivity index (χ1v) is 7.77. The summed E-state index contributed by atoms with van der Waals surface area (Å²) in [6, 6.07) is 11.0. The summed E-state index contributed by atoms with van der Waals surface area (Å²) in [5.74, 6) is -1.47. The molecule has 0 radical (unpaired) electrons. The predicted molar refractivity (Wildman–Crippen MR) is 94.0 cm³/mol. The van der Waals surface area contributed by atoms with Crippen LogP contribution in [0.25, 0.3) is 0 Å². The summed E-state index contributed by atoms with van der Waals surface area (Å²) >= 11 is 6.14. The average molecular weight is 331 g/mol. The first kappa shape index (κ1) is 17.0. The smallest absolute Gasteiger partial charge is 0.314 e. The van der Waals surface area contributed by atoms with Crippen LogP contribution in [0.15, 0.2) is 36.4 Å². The molecule has 0 unspecified atom stereocenters. The second-order valence-corrected chi connectivity index (χ2v) is 5.76. The maximum Gasteiger partial charge on any atom is 0.314 e. The number of amides is 2. The van der Waals surface area contributed by atoms with E-state index in [2.05, 4.69) is 10.6 Å². The Kier molecular flexibility index (Phi) is 5.40. The van der Waals surface area contributed by atoms with Crippen LogP contribution in [-0.2, 0) is 16.0 Å². The molecule has 120 valence electrons. The van der Waals surface area contributed by atoms with E-state index >= 15 is 0 Å². The molecule has 2 aromatic carbocycles. The highest BCUT2D eigenvalue weighted by atomic mass is 35.5. The zero-order chi connectivity index (χ0) is 17.0. The van der Waals surface area contributed by atoms with Crippen molar-refractivity contribution < 1.29 is 9.59 Å². The van der Waals surface area contributed by atoms with Gasteiger partial charge in [0.15, 0.2) is 0 Å². The molecule has 0 aliphatic carbocycles. The Morgan fingerprint density at radius 3 is 2.35 bits per heavy atom. The molecule has 0 spiro atoms. The maximum atomic E-state index is 12.1. The molecule has 0 atom stereocenters. The Labute approximate surface area is 140 Å². The molecular weight excluding hydrogens is 312 g/mol. The van der Waals surface area contributed by atoms with E-state index in [0.29, 0.717) is 16.4 Å². The lowest BCUT2D eigenvalue weighted by Crippen LogP contribution is -2.29. The Morgan fingerprint density at radius 1 is 1.04 bits per heavy atom. The van der Waals surface area contributed by atoms with Gasteiger partial charge in [0.1, 0.15) is 0 Å². The molecule has 0 saturated carbocycles. The standard InChI is InChI=1S/C18H19ClN2O2/c1-4-13-7-5-6-8-15(13)20-17(22)18(23)21-16-12(3)9-11(2)10-14(16)19/h5-10H,4H2,1-3H3,(H,20,22)(H,21,23). The van der Waals surface area contributed by atoms with Gasteiger partial charge in [0.05, 0.1) is 10.7 Å². The molecule has 4 nitrogen and oxygen atoms in total. The van der Waals surface area contributed by atoms with E-state index in [1.54, 1.807) is 12.1 Å². The van der Waals surface area contributed by atoms with Crippen molar-refractivity contribution in [2.24, 2.45) is 0 Å². The van der Waals surface area contributed by atoms with Crippen molar-refractivity contribution >= 4 is 34.8 Å². The zero-order valence-electron chi connectivity index (χ0n) is 13.4. The van der Waals surface area contributed by atoms with Gasteiger partial charge in [0.25, 0.3) is 0 Å². The van der Waals surface area contributed by atoms with E-state index < -0.39 is 11.8 Å². The van der Waals surface area contributed by atoms with E-state index in [4.69, 9.17) is 11.6 Å². The van der Waals surface area contributed by atoms with Crippen molar-refractivity contribution in [1.29, 1.82) is 0 Å². The molecule has 23 heavy (non-hydrogen) atoms. The van der Waals surface area contributed by atoms with Crippen LogP contribution < -0.4 is 10.6 Å². The van der Waals surface area contributed by atoms with Gasteiger partial charge in [-0.3, -0.25) is 9.59 Å². The SMILES string of the molecule is CCc1ccccc1NC(=O)C(=O)Nc1c(C)cc(C)cc1Cl. The van der Waals surface area contributed by atoms with Crippen molar-refractivity contribution in [1.82, 2.24) is 0 Å². The van der Waals surface area contributed by atoms with Gasteiger partial charge in [0.2, 0.25) is 0 Å². The van der Waals surface area contributed by atoms with Crippen LogP contribution in [0.3, 0.4) is 0 Å². The first-order chi connectivity index (χ1) is 10.9. The third kappa shape index (κ3) is 4.11. The van der Waals surface area contributed by atoms with Crippen LogP contribution >= 0.6 is 11.6 Å². The minimum atomic E-state index is -0.746. The number of halogens is 1. The molecule has 0 heterocycles. The van der Waals surface area contributed by atoms with Crippen LogP contribution in [0.5, 0.6) is 0 Å². The Morgan fingerprint density at radius 2 is 1.70 bits per heavy atom. The fraction of sp³-hybridized carbons (Fsp3) is 0.222. The number of rotatable bonds is 3. The molecule has 0 bridgehead atoms. The number of aryl methyl sites for hydroxylation is 3. The van der Waals surface area contributed by atoms with Crippen molar-refractivity contribution in [3.63, 3.8) is 0 Å². The number of anilines is 2. The molecule has 2 amide bonds. The average Bonchev–Trinajstić information content (AvgIpc) is 2.51. The monoisotopic (exact) mass is 330 g/mol. The van der Waals surface area contributed by atoms with Gasteiger partial charge in [-0.15, -0.1) is 0 Å². The second kappa shape index (κ2) is 7.29. The second-order valence-electron chi connectivity index (χ2n) is 5.36. The number of carbonyl (C=O) groups is 2. The largest absolute Gasteiger partial charge is 0.318 e. The fourth-order valence-electron chi connectivity index (χ4n) is 2.37. The normalized spacial score (nSPS) is 10.3. The number of benzene rings is 2. The van der Waals surface area contributed by atoms with Gasteiger partial charge in [-0.05, 0) is 49.1 Å². The lowest BCUT2D eigenvalue weighted by Gasteiger charge is -2.12. The zero-order valence-corrected chi connectivity index (χ0v) is 14.1. The van der Waals surface area contributed by atoms with Gasteiger partial charge in [-0.2, -0.15) is 0 Å². The molecule has 5 heteroatoms. The molecule has 2 aromatic rings. The minimum absolute atomic E-state index is 0.414. The number of nitrogens with one attached hydrogen (secondary N) is 2. The third-order valence-corrected chi connectivity index (χ3v) is 3.82. The topological polar surface area (TPSA) is 58.2 Å². The lowest BCUT2D eigenvalue weighted by atomic mass is 10.1. The predicted octanol–water partition coefficient (Wildman–Crippen LogP) is 4.10. The third-order valence-electron chi connectivity index (χ3n) is 3.52. The van der Waals surface area contributed by atoms with Gasteiger partial charge in [0, 0.05) is 5.69 Å². The highest BCUT2D eigenvalue weighted by molar-refractivity contribution is 6.45. The number of hydrogen-bond acceptors (Lipinski definition) is 2. The van der Waals surface area contributed by atoms with E-state index in [1.807, 2.05) is 45.0 Å². The summed E-state index contributed by atoms with van der Waals surface area (Å²) < 4.78 is 0. The van der Waals surface area contributed by atoms with Gasteiger partial charge < -0.3 is 10.6 Å². The molecule has 2 N–H and O–H groups in total. The Hall–Kier alpha value is -2.33. The molecule has 2 rings (SSSR count). The van der Waals surface area contributed by atoms with Crippen LogP contribution in [-0.4, -0.2) is 11.8 Å². The van der Waals surface area contributed by atoms with Gasteiger partial charge >= 0.3 is 11.8 Å². The van der Waals surface area contributed by atoms with E-state index in [0.717, 1.165) is 23.1 Å². The first-order valence-electron chi connectivity index (χ1n) is 7.39.